The zero-order valence-corrected chi connectivity index (χ0v) is 9.47. The van der Waals surface area contributed by atoms with Crippen molar-refractivity contribution in [3.63, 3.8) is 0 Å². The Morgan fingerprint density at radius 1 is 1.31 bits per heavy atom. The van der Waals surface area contributed by atoms with Gasteiger partial charge in [0.15, 0.2) is 0 Å². The first-order valence-corrected chi connectivity index (χ1v) is 5.39. The Morgan fingerprint density at radius 3 is 2.38 bits per heavy atom. The molecular weight excluding hydrogens is 162 g/mol. The molecule has 13 heavy (non-hydrogen) atoms. The summed E-state index contributed by atoms with van der Waals surface area (Å²) in [6.07, 6.45) is 5.18. The van der Waals surface area contributed by atoms with Crippen LogP contribution in [0.1, 0.15) is 52.9 Å². The largest absolute Gasteiger partial charge is 0.343 e. The van der Waals surface area contributed by atoms with Gasteiger partial charge in [0.05, 0.1) is 0 Å². The van der Waals surface area contributed by atoms with Gasteiger partial charge < -0.3 is 4.90 Å². The molecule has 1 amide bonds. The molecule has 0 aromatic heterocycles. The topological polar surface area (TPSA) is 20.3 Å². The maximum absolute atomic E-state index is 11.5. The highest BCUT2D eigenvalue weighted by Crippen LogP contribution is 2.08. The van der Waals surface area contributed by atoms with Gasteiger partial charge in [0.2, 0.25) is 5.91 Å². The SMILES string of the molecule is CCCCC(C)N(C)C(=O)CCC. The van der Waals surface area contributed by atoms with Crippen molar-refractivity contribution in [1.82, 2.24) is 4.90 Å². The van der Waals surface area contributed by atoms with Gasteiger partial charge in [-0.3, -0.25) is 4.79 Å². The van der Waals surface area contributed by atoms with Gasteiger partial charge in [-0.1, -0.05) is 26.7 Å². The van der Waals surface area contributed by atoms with Crippen LogP contribution in [-0.2, 0) is 4.79 Å². The van der Waals surface area contributed by atoms with Gasteiger partial charge in [0.1, 0.15) is 0 Å². The summed E-state index contributed by atoms with van der Waals surface area (Å²) < 4.78 is 0. The van der Waals surface area contributed by atoms with E-state index in [2.05, 4.69) is 13.8 Å². The van der Waals surface area contributed by atoms with Crippen molar-refractivity contribution in [3.8, 4) is 0 Å². The van der Waals surface area contributed by atoms with Crippen LogP contribution in [0.3, 0.4) is 0 Å². The van der Waals surface area contributed by atoms with Gasteiger partial charge in [0.25, 0.3) is 0 Å². The third-order valence-corrected chi connectivity index (χ3v) is 2.49. The molecule has 0 aromatic rings. The third kappa shape index (κ3) is 4.91. The molecule has 0 aliphatic heterocycles. The summed E-state index contributed by atoms with van der Waals surface area (Å²) in [6, 6.07) is 0.402. The lowest BCUT2D eigenvalue weighted by atomic mass is 10.1. The van der Waals surface area contributed by atoms with E-state index in [4.69, 9.17) is 0 Å². The van der Waals surface area contributed by atoms with E-state index >= 15 is 0 Å². The molecular formula is C11H23NO. The highest BCUT2D eigenvalue weighted by atomic mass is 16.2. The van der Waals surface area contributed by atoms with Crippen LogP contribution < -0.4 is 0 Å². The van der Waals surface area contributed by atoms with Crippen molar-refractivity contribution in [2.75, 3.05) is 7.05 Å². The van der Waals surface area contributed by atoms with E-state index in [1.54, 1.807) is 0 Å². The van der Waals surface area contributed by atoms with Gasteiger partial charge in [-0.15, -0.1) is 0 Å². The summed E-state index contributed by atoms with van der Waals surface area (Å²) in [6.45, 7) is 6.35. The first-order chi connectivity index (χ1) is 6.13. The number of nitrogens with zero attached hydrogens (tertiary/aromatic N) is 1. The fraction of sp³-hybridized carbons (Fsp3) is 0.909. The maximum Gasteiger partial charge on any atom is 0.222 e. The average Bonchev–Trinajstić information content (AvgIpc) is 2.13. The van der Waals surface area contributed by atoms with E-state index < -0.39 is 0 Å². The Bertz CT molecular complexity index is 145. The summed E-state index contributed by atoms with van der Waals surface area (Å²) in [4.78, 5) is 13.4. The molecule has 0 fully saturated rings. The Labute approximate surface area is 82.3 Å². The summed E-state index contributed by atoms with van der Waals surface area (Å²) in [5, 5.41) is 0. The molecule has 0 aliphatic rings. The molecule has 1 unspecified atom stereocenters. The van der Waals surface area contributed by atoms with E-state index in [1.165, 1.54) is 12.8 Å². The van der Waals surface area contributed by atoms with Gasteiger partial charge in [-0.05, 0) is 19.8 Å². The minimum Gasteiger partial charge on any atom is -0.343 e. The lowest BCUT2D eigenvalue weighted by Crippen LogP contribution is -2.34. The normalized spacial score (nSPS) is 12.6. The molecule has 0 rings (SSSR count). The van der Waals surface area contributed by atoms with Gasteiger partial charge in [-0.25, -0.2) is 0 Å². The molecule has 1 atom stereocenters. The van der Waals surface area contributed by atoms with Crippen LogP contribution in [0, 0.1) is 0 Å². The molecule has 2 heteroatoms. The van der Waals surface area contributed by atoms with Crippen LogP contribution in [0.2, 0.25) is 0 Å². The fourth-order valence-corrected chi connectivity index (χ4v) is 1.33. The molecule has 0 heterocycles. The number of hydrogen-bond donors (Lipinski definition) is 0. The summed E-state index contributed by atoms with van der Waals surface area (Å²) in [5.41, 5.74) is 0. The van der Waals surface area contributed by atoms with Crippen molar-refractivity contribution >= 4 is 5.91 Å². The van der Waals surface area contributed by atoms with Crippen molar-refractivity contribution < 1.29 is 4.79 Å². The first kappa shape index (κ1) is 12.5. The van der Waals surface area contributed by atoms with Crippen LogP contribution in [0.5, 0.6) is 0 Å². The predicted molar refractivity (Wildman–Crippen MR) is 56.7 cm³/mol. The number of rotatable bonds is 6. The lowest BCUT2D eigenvalue weighted by Gasteiger charge is -2.24. The monoisotopic (exact) mass is 185 g/mol. The molecule has 0 aromatic carbocycles. The number of carbonyl (C=O) groups excluding carboxylic acids is 1. The molecule has 0 saturated carbocycles. The molecule has 0 aliphatic carbocycles. The maximum atomic E-state index is 11.5. The molecule has 0 N–H and O–H groups in total. The highest BCUT2D eigenvalue weighted by Gasteiger charge is 2.13. The minimum atomic E-state index is 0.283. The van der Waals surface area contributed by atoms with Gasteiger partial charge in [-0.2, -0.15) is 0 Å². The molecule has 78 valence electrons. The number of unbranched alkanes of at least 4 members (excludes halogenated alkanes) is 1. The molecule has 0 radical (unpaired) electrons. The van der Waals surface area contributed by atoms with Crippen LogP contribution in [-0.4, -0.2) is 23.9 Å². The number of amides is 1. The molecule has 0 bridgehead atoms. The van der Waals surface area contributed by atoms with Gasteiger partial charge >= 0.3 is 0 Å². The van der Waals surface area contributed by atoms with E-state index in [-0.39, 0.29) is 5.91 Å². The second kappa shape index (κ2) is 6.93. The lowest BCUT2D eigenvalue weighted by molar-refractivity contribution is -0.131. The van der Waals surface area contributed by atoms with Crippen LogP contribution >= 0.6 is 0 Å². The van der Waals surface area contributed by atoms with E-state index in [0.717, 1.165) is 12.8 Å². The quantitative estimate of drug-likeness (QED) is 0.623. The Balaban J connectivity index is 3.79. The summed E-state index contributed by atoms with van der Waals surface area (Å²) in [5.74, 6) is 0.283. The van der Waals surface area contributed by atoms with Crippen molar-refractivity contribution in [2.45, 2.75) is 58.9 Å². The Kier molecular flexibility index (Phi) is 6.65. The van der Waals surface area contributed by atoms with E-state index in [0.29, 0.717) is 12.5 Å². The summed E-state index contributed by atoms with van der Waals surface area (Å²) in [7, 11) is 1.92. The molecule has 2 nitrogen and oxygen atoms in total. The van der Waals surface area contributed by atoms with Crippen molar-refractivity contribution in [1.29, 1.82) is 0 Å². The third-order valence-electron chi connectivity index (χ3n) is 2.49. The van der Waals surface area contributed by atoms with Crippen molar-refractivity contribution in [2.24, 2.45) is 0 Å². The van der Waals surface area contributed by atoms with Crippen molar-refractivity contribution in [3.05, 3.63) is 0 Å². The average molecular weight is 185 g/mol. The first-order valence-electron chi connectivity index (χ1n) is 5.39. The van der Waals surface area contributed by atoms with Crippen LogP contribution in [0.4, 0.5) is 0 Å². The zero-order chi connectivity index (χ0) is 10.3. The molecule has 0 spiro atoms. The predicted octanol–water partition coefficient (Wildman–Crippen LogP) is 2.82. The number of hydrogen-bond acceptors (Lipinski definition) is 1. The standard InChI is InChI=1S/C11H23NO/c1-5-7-9-10(3)12(4)11(13)8-6-2/h10H,5-9H2,1-4H3. The van der Waals surface area contributed by atoms with E-state index in [1.807, 2.05) is 18.9 Å². The zero-order valence-electron chi connectivity index (χ0n) is 9.47. The highest BCUT2D eigenvalue weighted by molar-refractivity contribution is 5.76. The number of carbonyl (C=O) groups is 1. The van der Waals surface area contributed by atoms with Gasteiger partial charge in [0, 0.05) is 19.5 Å². The second-order valence-electron chi connectivity index (χ2n) is 3.75. The van der Waals surface area contributed by atoms with E-state index in [9.17, 15) is 4.79 Å². The summed E-state index contributed by atoms with van der Waals surface area (Å²) >= 11 is 0. The van der Waals surface area contributed by atoms with Crippen LogP contribution in [0.15, 0.2) is 0 Å². The smallest absolute Gasteiger partial charge is 0.222 e. The fourth-order valence-electron chi connectivity index (χ4n) is 1.33. The second-order valence-corrected chi connectivity index (χ2v) is 3.75. The van der Waals surface area contributed by atoms with Crippen LogP contribution in [0.25, 0.3) is 0 Å². The Hall–Kier alpha value is -0.530. The minimum absolute atomic E-state index is 0.283. The Morgan fingerprint density at radius 2 is 1.92 bits per heavy atom. The molecule has 0 saturated heterocycles.